The van der Waals surface area contributed by atoms with Crippen LogP contribution in [0.25, 0.3) is 0 Å². The number of phenols is 1. The summed E-state index contributed by atoms with van der Waals surface area (Å²) < 4.78 is 0. The number of aliphatic hydroxyl groups excluding tert-OH is 1. The summed E-state index contributed by atoms with van der Waals surface area (Å²) in [6.45, 7) is 3.57. The Morgan fingerprint density at radius 1 is 1.43 bits per heavy atom. The standard InChI is InChI=1S/C11H11ClO2/c1-7(13)11(4-5-11)8-2-3-10(14)9(12)6-8/h2-3,6,13-14H,1,4-5H2. The lowest BCUT2D eigenvalue weighted by Gasteiger charge is -2.14. The average Bonchev–Trinajstić information content (AvgIpc) is 2.90. The Morgan fingerprint density at radius 2 is 2.07 bits per heavy atom. The summed E-state index contributed by atoms with van der Waals surface area (Å²) >= 11 is 5.79. The van der Waals surface area contributed by atoms with Gasteiger partial charge in [-0.3, -0.25) is 0 Å². The highest BCUT2D eigenvalue weighted by Gasteiger charge is 2.47. The van der Waals surface area contributed by atoms with Crippen LogP contribution < -0.4 is 0 Å². The molecule has 0 aliphatic heterocycles. The maximum atomic E-state index is 9.46. The van der Waals surface area contributed by atoms with E-state index in [0.29, 0.717) is 5.02 Å². The number of benzene rings is 1. The maximum Gasteiger partial charge on any atom is 0.134 e. The van der Waals surface area contributed by atoms with Crippen LogP contribution in [0.2, 0.25) is 5.02 Å². The molecule has 0 saturated heterocycles. The second kappa shape index (κ2) is 2.92. The van der Waals surface area contributed by atoms with Gasteiger partial charge in [0.2, 0.25) is 0 Å². The van der Waals surface area contributed by atoms with Gasteiger partial charge in [0.05, 0.1) is 16.2 Å². The van der Waals surface area contributed by atoms with Crippen LogP contribution in [0.4, 0.5) is 0 Å². The average molecular weight is 211 g/mol. The fourth-order valence-electron chi connectivity index (χ4n) is 1.67. The van der Waals surface area contributed by atoms with E-state index in [9.17, 15) is 10.2 Å². The Kier molecular flexibility index (Phi) is 1.96. The molecule has 1 saturated carbocycles. The fraction of sp³-hybridized carbons (Fsp3) is 0.273. The predicted molar refractivity (Wildman–Crippen MR) is 55.8 cm³/mol. The molecule has 1 fully saturated rings. The van der Waals surface area contributed by atoms with Crippen LogP contribution in [-0.4, -0.2) is 10.2 Å². The van der Waals surface area contributed by atoms with Gasteiger partial charge in [-0.05, 0) is 30.5 Å². The van der Waals surface area contributed by atoms with E-state index >= 15 is 0 Å². The Morgan fingerprint density at radius 3 is 2.50 bits per heavy atom. The molecule has 14 heavy (non-hydrogen) atoms. The normalized spacial score (nSPS) is 17.8. The summed E-state index contributed by atoms with van der Waals surface area (Å²) in [5.41, 5.74) is 0.616. The smallest absolute Gasteiger partial charge is 0.134 e. The highest BCUT2D eigenvalue weighted by atomic mass is 35.5. The van der Waals surface area contributed by atoms with Crippen LogP contribution in [0.5, 0.6) is 5.75 Å². The number of hydrogen-bond donors (Lipinski definition) is 2. The second-order valence-electron chi connectivity index (χ2n) is 3.69. The van der Waals surface area contributed by atoms with E-state index in [-0.39, 0.29) is 16.9 Å². The van der Waals surface area contributed by atoms with E-state index in [1.165, 1.54) is 0 Å². The number of rotatable bonds is 2. The molecular formula is C11H11ClO2. The highest BCUT2D eigenvalue weighted by Crippen LogP contribution is 2.53. The minimum Gasteiger partial charge on any atom is -0.512 e. The van der Waals surface area contributed by atoms with Crippen LogP contribution in [-0.2, 0) is 5.41 Å². The van der Waals surface area contributed by atoms with E-state index in [1.807, 2.05) is 0 Å². The highest BCUT2D eigenvalue weighted by molar-refractivity contribution is 6.32. The Hall–Kier alpha value is -1.15. The molecule has 2 nitrogen and oxygen atoms in total. The van der Waals surface area contributed by atoms with Crippen LogP contribution >= 0.6 is 11.6 Å². The lowest BCUT2D eigenvalue weighted by atomic mass is 9.94. The number of aliphatic hydroxyl groups is 1. The van der Waals surface area contributed by atoms with E-state index < -0.39 is 0 Å². The zero-order chi connectivity index (χ0) is 10.3. The van der Waals surface area contributed by atoms with Crippen molar-refractivity contribution in [2.45, 2.75) is 18.3 Å². The molecule has 0 aromatic heterocycles. The van der Waals surface area contributed by atoms with Gasteiger partial charge in [0.25, 0.3) is 0 Å². The molecule has 0 unspecified atom stereocenters. The van der Waals surface area contributed by atoms with Crippen molar-refractivity contribution in [3.05, 3.63) is 41.1 Å². The third kappa shape index (κ3) is 1.26. The van der Waals surface area contributed by atoms with Crippen LogP contribution in [0.15, 0.2) is 30.5 Å². The molecule has 1 aliphatic carbocycles. The molecule has 1 aromatic carbocycles. The molecule has 0 heterocycles. The van der Waals surface area contributed by atoms with Gasteiger partial charge in [-0.25, -0.2) is 0 Å². The number of hydrogen-bond acceptors (Lipinski definition) is 2. The van der Waals surface area contributed by atoms with Crippen molar-refractivity contribution in [2.24, 2.45) is 0 Å². The zero-order valence-electron chi connectivity index (χ0n) is 7.63. The van der Waals surface area contributed by atoms with E-state index in [4.69, 9.17) is 11.6 Å². The molecule has 1 aliphatic rings. The first-order valence-corrected chi connectivity index (χ1v) is 4.81. The monoisotopic (exact) mass is 210 g/mol. The van der Waals surface area contributed by atoms with Gasteiger partial charge in [-0.15, -0.1) is 0 Å². The van der Waals surface area contributed by atoms with Gasteiger partial charge in [0.15, 0.2) is 0 Å². The topological polar surface area (TPSA) is 40.5 Å². The predicted octanol–water partition coefficient (Wildman–Crippen LogP) is 3.15. The molecule has 1 aromatic rings. The molecule has 0 bridgehead atoms. The number of halogens is 1. The van der Waals surface area contributed by atoms with Gasteiger partial charge in [-0.2, -0.15) is 0 Å². The van der Waals surface area contributed by atoms with Crippen LogP contribution in [0, 0.1) is 0 Å². The molecule has 2 N–H and O–H groups in total. The second-order valence-corrected chi connectivity index (χ2v) is 4.10. The molecule has 0 amide bonds. The molecule has 0 spiro atoms. The molecule has 0 radical (unpaired) electrons. The van der Waals surface area contributed by atoms with Crippen molar-refractivity contribution in [1.29, 1.82) is 0 Å². The largest absolute Gasteiger partial charge is 0.512 e. The SMILES string of the molecule is C=C(O)C1(c2ccc(O)c(Cl)c2)CC1. The summed E-state index contributed by atoms with van der Waals surface area (Å²) in [4.78, 5) is 0. The Bertz CT molecular complexity index is 394. The van der Waals surface area contributed by atoms with Gasteiger partial charge in [0, 0.05) is 0 Å². The Balaban J connectivity index is 2.43. The van der Waals surface area contributed by atoms with Crippen molar-refractivity contribution >= 4 is 11.6 Å². The van der Waals surface area contributed by atoms with Gasteiger partial charge in [0.1, 0.15) is 5.75 Å². The summed E-state index contributed by atoms with van der Waals surface area (Å²) in [5, 5.41) is 19.0. The lowest BCUT2D eigenvalue weighted by Crippen LogP contribution is -2.08. The molecule has 0 atom stereocenters. The summed E-state index contributed by atoms with van der Waals surface area (Å²) in [6.07, 6.45) is 1.78. The third-order valence-electron chi connectivity index (χ3n) is 2.80. The van der Waals surface area contributed by atoms with Gasteiger partial charge < -0.3 is 10.2 Å². The quantitative estimate of drug-likeness (QED) is 0.737. The summed E-state index contributed by atoms with van der Waals surface area (Å²) in [5.74, 6) is 0.244. The first kappa shape index (κ1) is 9.41. The lowest BCUT2D eigenvalue weighted by molar-refractivity contribution is 0.361. The summed E-state index contributed by atoms with van der Waals surface area (Å²) in [7, 11) is 0. The zero-order valence-corrected chi connectivity index (χ0v) is 8.38. The summed E-state index contributed by atoms with van der Waals surface area (Å²) in [6, 6.07) is 5.00. The molecule has 3 heteroatoms. The van der Waals surface area contributed by atoms with Crippen LogP contribution in [0.1, 0.15) is 18.4 Å². The van der Waals surface area contributed by atoms with E-state index in [1.54, 1.807) is 18.2 Å². The number of phenolic OH excluding ortho intramolecular Hbond substituents is 1. The number of allylic oxidation sites excluding steroid dienone is 1. The van der Waals surface area contributed by atoms with Crippen molar-refractivity contribution in [1.82, 2.24) is 0 Å². The van der Waals surface area contributed by atoms with Crippen molar-refractivity contribution < 1.29 is 10.2 Å². The van der Waals surface area contributed by atoms with Gasteiger partial charge >= 0.3 is 0 Å². The molecule has 74 valence electrons. The third-order valence-corrected chi connectivity index (χ3v) is 3.11. The van der Waals surface area contributed by atoms with Crippen LogP contribution in [0.3, 0.4) is 0 Å². The van der Waals surface area contributed by atoms with Crippen molar-refractivity contribution in [3.63, 3.8) is 0 Å². The fourth-order valence-corrected chi connectivity index (χ4v) is 1.85. The maximum absolute atomic E-state index is 9.46. The van der Waals surface area contributed by atoms with Crippen molar-refractivity contribution in [2.75, 3.05) is 0 Å². The van der Waals surface area contributed by atoms with E-state index in [0.717, 1.165) is 18.4 Å². The first-order chi connectivity index (χ1) is 6.56. The molecule has 2 rings (SSSR count). The first-order valence-electron chi connectivity index (χ1n) is 4.43. The number of aromatic hydroxyl groups is 1. The van der Waals surface area contributed by atoms with E-state index in [2.05, 4.69) is 6.58 Å². The molecular weight excluding hydrogens is 200 g/mol. The Labute approximate surface area is 87.5 Å². The van der Waals surface area contributed by atoms with Gasteiger partial charge in [-0.1, -0.05) is 24.2 Å². The van der Waals surface area contributed by atoms with Crippen molar-refractivity contribution in [3.8, 4) is 5.75 Å². The minimum absolute atomic E-state index is 0.0646. The minimum atomic E-state index is -0.308.